The van der Waals surface area contributed by atoms with Gasteiger partial charge >= 0.3 is 0 Å². The average molecular weight is 381 g/mol. The van der Waals surface area contributed by atoms with Crippen molar-refractivity contribution in [3.05, 3.63) is 82.6 Å². The van der Waals surface area contributed by atoms with E-state index in [0.29, 0.717) is 29.0 Å². The highest BCUT2D eigenvalue weighted by Crippen LogP contribution is 2.19. The van der Waals surface area contributed by atoms with Crippen LogP contribution in [0.15, 0.2) is 60.9 Å². The topological polar surface area (TPSA) is 66.9 Å². The molecule has 0 aliphatic carbocycles. The fourth-order valence-corrected chi connectivity index (χ4v) is 2.71. The molecule has 27 heavy (non-hydrogen) atoms. The molecule has 5 nitrogen and oxygen atoms in total. The van der Waals surface area contributed by atoms with E-state index in [1.165, 1.54) is 18.0 Å². The Bertz CT molecular complexity index is 908. The molecule has 0 saturated heterocycles. The summed E-state index contributed by atoms with van der Waals surface area (Å²) in [4.78, 5) is 20.7. The second kappa shape index (κ2) is 8.64. The first kappa shape index (κ1) is 18.9. The lowest BCUT2D eigenvalue weighted by molar-refractivity contribution is 0.0950. The van der Waals surface area contributed by atoms with Crippen LogP contribution in [0.25, 0.3) is 0 Å². The third-order valence-corrected chi connectivity index (χ3v) is 4.51. The van der Waals surface area contributed by atoms with E-state index in [1.54, 1.807) is 6.07 Å². The predicted molar refractivity (Wildman–Crippen MR) is 108 cm³/mol. The standard InChI is InChI=1S/C21H21ClN4O/c1-14(2)15-7-9-18(10-8-15)26-21-24-12-17(13-25-21)20(27)23-11-16-5-3-4-6-19(16)22/h3-10,12-14H,11H2,1-2H3,(H,23,27)(H,24,25,26). The molecule has 0 atom stereocenters. The SMILES string of the molecule is CC(C)c1ccc(Nc2ncc(C(=O)NCc3ccccc3Cl)cn2)cc1. The molecule has 0 saturated carbocycles. The summed E-state index contributed by atoms with van der Waals surface area (Å²) in [6, 6.07) is 15.5. The van der Waals surface area contributed by atoms with Gasteiger partial charge in [-0.15, -0.1) is 0 Å². The van der Waals surface area contributed by atoms with Gasteiger partial charge in [0.25, 0.3) is 5.91 Å². The molecule has 0 aliphatic heterocycles. The van der Waals surface area contributed by atoms with Crippen LogP contribution in [0.4, 0.5) is 11.6 Å². The first-order chi connectivity index (χ1) is 13.0. The van der Waals surface area contributed by atoms with Crippen molar-refractivity contribution >= 4 is 29.1 Å². The van der Waals surface area contributed by atoms with Crippen LogP contribution in [-0.4, -0.2) is 15.9 Å². The van der Waals surface area contributed by atoms with Crippen molar-refractivity contribution in [1.82, 2.24) is 15.3 Å². The minimum absolute atomic E-state index is 0.247. The molecule has 6 heteroatoms. The molecule has 0 unspecified atom stereocenters. The van der Waals surface area contributed by atoms with Crippen molar-refractivity contribution in [1.29, 1.82) is 0 Å². The molecule has 1 amide bonds. The molecule has 0 radical (unpaired) electrons. The summed E-state index contributed by atoms with van der Waals surface area (Å²) in [5, 5.41) is 6.57. The van der Waals surface area contributed by atoms with Crippen LogP contribution < -0.4 is 10.6 Å². The number of carbonyl (C=O) groups excluding carboxylic acids is 1. The Morgan fingerprint density at radius 2 is 1.70 bits per heavy atom. The maximum Gasteiger partial charge on any atom is 0.254 e. The maximum absolute atomic E-state index is 12.2. The number of carbonyl (C=O) groups is 1. The molecule has 1 aromatic heterocycles. The number of amides is 1. The minimum Gasteiger partial charge on any atom is -0.348 e. The third-order valence-electron chi connectivity index (χ3n) is 4.14. The first-order valence-electron chi connectivity index (χ1n) is 8.73. The zero-order valence-corrected chi connectivity index (χ0v) is 16.0. The molecule has 3 rings (SSSR count). The van der Waals surface area contributed by atoms with E-state index in [4.69, 9.17) is 11.6 Å². The van der Waals surface area contributed by atoms with Gasteiger partial charge in [-0.25, -0.2) is 9.97 Å². The van der Waals surface area contributed by atoms with Crippen LogP contribution in [0, 0.1) is 0 Å². The van der Waals surface area contributed by atoms with Gasteiger partial charge in [0.05, 0.1) is 5.56 Å². The highest BCUT2D eigenvalue weighted by atomic mass is 35.5. The van der Waals surface area contributed by atoms with Gasteiger partial charge in [0.1, 0.15) is 0 Å². The molecule has 2 N–H and O–H groups in total. The van der Waals surface area contributed by atoms with E-state index >= 15 is 0 Å². The number of halogens is 1. The number of hydrogen-bond donors (Lipinski definition) is 2. The van der Waals surface area contributed by atoms with E-state index in [2.05, 4.69) is 46.6 Å². The zero-order chi connectivity index (χ0) is 19.2. The number of hydrogen-bond acceptors (Lipinski definition) is 4. The van der Waals surface area contributed by atoms with Crippen LogP contribution in [-0.2, 0) is 6.54 Å². The number of benzene rings is 2. The number of nitrogens with zero attached hydrogens (tertiary/aromatic N) is 2. The van der Waals surface area contributed by atoms with Crippen LogP contribution in [0.3, 0.4) is 0 Å². The molecule has 0 aliphatic rings. The normalized spacial score (nSPS) is 10.7. The first-order valence-corrected chi connectivity index (χ1v) is 9.11. The van der Waals surface area contributed by atoms with E-state index in [9.17, 15) is 4.79 Å². The Morgan fingerprint density at radius 3 is 2.33 bits per heavy atom. The summed E-state index contributed by atoms with van der Waals surface area (Å²) >= 11 is 6.09. The molecule has 0 spiro atoms. The number of nitrogens with one attached hydrogen (secondary N) is 2. The smallest absolute Gasteiger partial charge is 0.254 e. The van der Waals surface area contributed by atoms with E-state index in [-0.39, 0.29) is 5.91 Å². The van der Waals surface area contributed by atoms with Crippen LogP contribution in [0.2, 0.25) is 5.02 Å². The van der Waals surface area contributed by atoms with Gasteiger partial charge in [0, 0.05) is 29.6 Å². The minimum atomic E-state index is -0.247. The largest absolute Gasteiger partial charge is 0.348 e. The molecule has 0 fully saturated rings. The molecular formula is C21H21ClN4O. The Hall–Kier alpha value is -2.92. The van der Waals surface area contributed by atoms with E-state index < -0.39 is 0 Å². The van der Waals surface area contributed by atoms with Crippen LogP contribution in [0.5, 0.6) is 0 Å². The lowest BCUT2D eigenvalue weighted by atomic mass is 10.0. The Kier molecular flexibility index (Phi) is 6.04. The lowest BCUT2D eigenvalue weighted by Gasteiger charge is -2.09. The fraction of sp³-hybridized carbons (Fsp3) is 0.190. The van der Waals surface area contributed by atoms with Crippen molar-refractivity contribution < 1.29 is 4.79 Å². The summed E-state index contributed by atoms with van der Waals surface area (Å²) in [6.07, 6.45) is 3.00. The second-order valence-corrected chi connectivity index (χ2v) is 6.88. The molecule has 2 aromatic carbocycles. The number of anilines is 2. The Balaban J connectivity index is 1.59. The van der Waals surface area contributed by atoms with Crippen molar-refractivity contribution in [2.75, 3.05) is 5.32 Å². The predicted octanol–water partition coefficient (Wildman–Crippen LogP) is 4.93. The number of aromatic nitrogens is 2. The summed E-state index contributed by atoms with van der Waals surface area (Å²) < 4.78 is 0. The van der Waals surface area contributed by atoms with Gasteiger partial charge in [-0.05, 0) is 35.2 Å². The van der Waals surface area contributed by atoms with Crippen LogP contribution >= 0.6 is 11.6 Å². The third kappa shape index (κ3) is 5.05. The lowest BCUT2D eigenvalue weighted by Crippen LogP contribution is -2.23. The van der Waals surface area contributed by atoms with E-state index in [0.717, 1.165) is 11.3 Å². The second-order valence-electron chi connectivity index (χ2n) is 6.47. The Morgan fingerprint density at radius 1 is 1.04 bits per heavy atom. The van der Waals surface area contributed by atoms with Crippen molar-refractivity contribution in [2.24, 2.45) is 0 Å². The van der Waals surface area contributed by atoms with Gasteiger partial charge in [-0.3, -0.25) is 4.79 Å². The quantitative estimate of drug-likeness (QED) is 0.636. The highest BCUT2D eigenvalue weighted by molar-refractivity contribution is 6.31. The highest BCUT2D eigenvalue weighted by Gasteiger charge is 2.08. The van der Waals surface area contributed by atoms with Crippen molar-refractivity contribution in [2.45, 2.75) is 26.3 Å². The molecular weight excluding hydrogens is 360 g/mol. The van der Waals surface area contributed by atoms with Gasteiger partial charge in [-0.1, -0.05) is 55.8 Å². The molecule has 0 bridgehead atoms. The summed E-state index contributed by atoms with van der Waals surface area (Å²) in [5.74, 6) is 0.677. The van der Waals surface area contributed by atoms with Gasteiger partial charge in [-0.2, -0.15) is 0 Å². The van der Waals surface area contributed by atoms with Gasteiger partial charge in [0.2, 0.25) is 5.95 Å². The van der Waals surface area contributed by atoms with Crippen LogP contribution in [0.1, 0.15) is 41.3 Å². The summed E-state index contributed by atoms with van der Waals surface area (Å²) in [7, 11) is 0. The van der Waals surface area contributed by atoms with Gasteiger partial charge in [0.15, 0.2) is 0 Å². The zero-order valence-electron chi connectivity index (χ0n) is 15.2. The maximum atomic E-state index is 12.2. The van der Waals surface area contributed by atoms with Gasteiger partial charge < -0.3 is 10.6 Å². The van der Waals surface area contributed by atoms with Crippen molar-refractivity contribution in [3.63, 3.8) is 0 Å². The molecule has 138 valence electrons. The Labute approximate surface area is 163 Å². The monoisotopic (exact) mass is 380 g/mol. The number of rotatable bonds is 6. The summed E-state index contributed by atoms with van der Waals surface area (Å²) in [6.45, 7) is 4.66. The van der Waals surface area contributed by atoms with E-state index in [1.807, 2.05) is 30.3 Å². The molecule has 3 aromatic rings. The average Bonchev–Trinajstić information content (AvgIpc) is 2.68. The summed E-state index contributed by atoms with van der Waals surface area (Å²) in [5.41, 5.74) is 3.42. The fourth-order valence-electron chi connectivity index (χ4n) is 2.51. The molecule has 1 heterocycles. The van der Waals surface area contributed by atoms with Crippen molar-refractivity contribution in [3.8, 4) is 0 Å².